The van der Waals surface area contributed by atoms with Gasteiger partial charge in [0.1, 0.15) is 12.4 Å². The van der Waals surface area contributed by atoms with E-state index in [1.807, 2.05) is 61.5 Å². The zero-order chi connectivity index (χ0) is 23.4. The number of hydrogen-bond donors (Lipinski definition) is 0. The van der Waals surface area contributed by atoms with E-state index in [1.165, 1.54) is 5.56 Å². The number of methoxy groups -OCH3 is 1. The van der Waals surface area contributed by atoms with Crippen molar-refractivity contribution in [3.05, 3.63) is 106 Å². The first kappa shape index (κ1) is 22.7. The fourth-order valence-corrected chi connectivity index (χ4v) is 4.12. The fraction of sp³-hybridized carbons (Fsp3) is 0.179. The fourth-order valence-electron chi connectivity index (χ4n) is 3.94. The summed E-state index contributed by atoms with van der Waals surface area (Å²) < 4.78 is 7.65. The predicted molar refractivity (Wildman–Crippen MR) is 136 cm³/mol. The molecule has 33 heavy (non-hydrogen) atoms. The number of nitrogens with zero attached hydrogens (tertiary/aromatic N) is 2. The lowest BCUT2D eigenvalue weighted by Gasteiger charge is -2.13. The second-order valence-corrected chi connectivity index (χ2v) is 8.39. The highest BCUT2D eigenvalue weighted by molar-refractivity contribution is 6.30. The summed E-state index contributed by atoms with van der Waals surface area (Å²) in [6.45, 7) is 6.56. The van der Waals surface area contributed by atoms with E-state index in [9.17, 15) is 0 Å². The highest BCUT2D eigenvalue weighted by Crippen LogP contribution is 2.32. The van der Waals surface area contributed by atoms with Crippen LogP contribution in [0.4, 0.5) is 0 Å². The Morgan fingerprint density at radius 2 is 1.73 bits per heavy atom. The van der Waals surface area contributed by atoms with Gasteiger partial charge in [-0.05, 0) is 68.3 Å². The molecule has 168 valence electrons. The highest BCUT2D eigenvalue weighted by Gasteiger charge is 2.18. The van der Waals surface area contributed by atoms with Crippen LogP contribution >= 0.6 is 11.6 Å². The van der Waals surface area contributed by atoms with Gasteiger partial charge in [0.05, 0.1) is 18.5 Å². The zero-order valence-corrected chi connectivity index (χ0v) is 20.1. The maximum absolute atomic E-state index is 6.32. The highest BCUT2D eigenvalue weighted by atomic mass is 35.5. The van der Waals surface area contributed by atoms with E-state index in [0.29, 0.717) is 11.6 Å². The maximum Gasteiger partial charge on any atom is 0.142 e. The topological polar surface area (TPSA) is 35.8 Å². The van der Waals surface area contributed by atoms with E-state index in [-0.39, 0.29) is 0 Å². The van der Waals surface area contributed by atoms with Gasteiger partial charge in [0.2, 0.25) is 0 Å². The molecular weight excluding hydrogens is 432 g/mol. The van der Waals surface area contributed by atoms with Crippen LogP contribution in [0.5, 0.6) is 5.75 Å². The third-order valence-corrected chi connectivity index (χ3v) is 5.99. The molecule has 0 bridgehead atoms. The van der Waals surface area contributed by atoms with Crippen molar-refractivity contribution in [1.82, 2.24) is 4.57 Å². The lowest BCUT2D eigenvalue weighted by molar-refractivity contribution is 0.130. The quantitative estimate of drug-likeness (QED) is 0.214. The molecule has 0 fully saturated rings. The molecule has 0 aliphatic rings. The van der Waals surface area contributed by atoms with Crippen LogP contribution in [0.15, 0.2) is 84.0 Å². The largest absolute Gasteiger partial charge is 0.497 e. The van der Waals surface area contributed by atoms with Gasteiger partial charge in [-0.25, -0.2) is 0 Å². The monoisotopic (exact) mass is 458 g/mol. The first-order chi connectivity index (χ1) is 16.0. The Balaban J connectivity index is 1.75. The number of oxime groups is 1. The molecule has 0 amide bonds. The Morgan fingerprint density at radius 3 is 2.48 bits per heavy atom. The smallest absolute Gasteiger partial charge is 0.142 e. The number of aryl methyl sites for hydroxylation is 1. The van der Waals surface area contributed by atoms with Gasteiger partial charge < -0.3 is 14.1 Å². The summed E-state index contributed by atoms with van der Waals surface area (Å²) in [5.41, 5.74) is 8.24. The average molecular weight is 459 g/mol. The summed E-state index contributed by atoms with van der Waals surface area (Å²) in [6, 6.07) is 26.2. The van der Waals surface area contributed by atoms with Crippen molar-refractivity contribution in [3.8, 4) is 22.7 Å². The van der Waals surface area contributed by atoms with Gasteiger partial charge in [0.25, 0.3) is 0 Å². The molecule has 0 unspecified atom stereocenters. The number of ether oxygens (including phenoxy) is 1. The van der Waals surface area contributed by atoms with Gasteiger partial charge in [-0.15, -0.1) is 0 Å². The zero-order valence-electron chi connectivity index (χ0n) is 19.3. The number of hydrogen-bond acceptors (Lipinski definition) is 3. The summed E-state index contributed by atoms with van der Waals surface area (Å²) in [7, 11) is 1.68. The molecule has 5 heteroatoms. The van der Waals surface area contributed by atoms with Gasteiger partial charge in [-0.2, -0.15) is 0 Å². The van der Waals surface area contributed by atoms with Gasteiger partial charge in [-0.3, -0.25) is 0 Å². The lowest BCUT2D eigenvalue weighted by Crippen LogP contribution is -2.03. The molecule has 0 saturated heterocycles. The summed E-state index contributed by atoms with van der Waals surface area (Å²) in [4.78, 5) is 5.73. The molecule has 0 aliphatic heterocycles. The van der Waals surface area contributed by atoms with Crippen molar-refractivity contribution in [2.24, 2.45) is 5.16 Å². The van der Waals surface area contributed by atoms with E-state index >= 15 is 0 Å². The predicted octanol–water partition coefficient (Wildman–Crippen LogP) is 7.36. The molecule has 4 aromatic rings. The summed E-state index contributed by atoms with van der Waals surface area (Å²) in [5.74, 6) is 0.803. The maximum atomic E-state index is 6.32. The van der Waals surface area contributed by atoms with E-state index in [4.69, 9.17) is 21.2 Å². The molecule has 0 N–H and O–H groups in total. The van der Waals surface area contributed by atoms with E-state index in [0.717, 1.165) is 45.2 Å². The molecule has 0 spiro atoms. The molecule has 1 aromatic heterocycles. The summed E-state index contributed by atoms with van der Waals surface area (Å²) >= 11 is 6.32. The Bertz CT molecular complexity index is 1310. The molecule has 0 radical (unpaired) electrons. The van der Waals surface area contributed by atoms with Crippen molar-refractivity contribution in [2.45, 2.75) is 27.4 Å². The van der Waals surface area contributed by atoms with Crippen LogP contribution in [0.1, 0.15) is 29.3 Å². The van der Waals surface area contributed by atoms with Crippen molar-refractivity contribution >= 4 is 17.3 Å². The SMILES string of the molecule is COc1cccc(-c2cc(/C(C)=N\OCc3ccccc3C)c(C)n2-c2cccc(Cl)c2)c1. The van der Waals surface area contributed by atoms with Gasteiger partial charge in [-0.1, -0.05) is 59.2 Å². The average Bonchev–Trinajstić information content (AvgIpc) is 3.17. The molecule has 1 heterocycles. The minimum Gasteiger partial charge on any atom is -0.497 e. The van der Waals surface area contributed by atoms with Crippen LogP contribution < -0.4 is 4.74 Å². The summed E-state index contributed by atoms with van der Waals surface area (Å²) in [6.07, 6.45) is 0. The van der Waals surface area contributed by atoms with E-state index in [1.54, 1.807) is 7.11 Å². The second kappa shape index (κ2) is 9.97. The Kier molecular flexibility index (Phi) is 6.85. The van der Waals surface area contributed by atoms with Gasteiger partial charge in [0, 0.05) is 27.5 Å². The summed E-state index contributed by atoms with van der Waals surface area (Å²) in [5, 5.41) is 5.12. The minimum absolute atomic E-state index is 0.431. The van der Waals surface area contributed by atoms with Crippen LogP contribution in [0, 0.1) is 13.8 Å². The van der Waals surface area contributed by atoms with Crippen molar-refractivity contribution in [2.75, 3.05) is 7.11 Å². The number of halogens is 1. The van der Waals surface area contributed by atoms with Crippen LogP contribution in [0.2, 0.25) is 5.02 Å². The molecule has 0 atom stereocenters. The van der Waals surface area contributed by atoms with E-state index in [2.05, 4.69) is 47.8 Å². The Morgan fingerprint density at radius 1 is 0.939 bits per heavy atom. The lowest BCUT2D eigenvalue weighted by atomic mass is 10.1. The van der Waals surface area contributed by atoms with Crippen LogP contribution in [-0.4, -0.2) is 17.4 Å². The molecule has 4 rings (SSSR count). The first-order valence-corrected chi connectivity index (χ1v) is 11.2. The Hall–Kier alpha value is -3.50. The molecular formula is C28H27ClN2O2. The number of rotatable bonds is 7. The second-order valence-electron chi connectivity index (χ2n) is 7.95. The normalized spacial score (nSPS) is 11.5. The molecule has 0 saturated carbocycles. The first-order valence-electron chi connectivity index (χ1n) is 10.8. The number of aromatic nitrogens is 1. The standard InChI is InChI=1S/C28H27ClN2O2/c1-19-9-5-6-10-23(19)18-33-30-20(2)27-17-28(22-11-7-14-26(15-22)32-4)31(21(27)3)25-13-8-12-24(29)16-25/h5-17H,18H2,1-4H3/b30-20-. The molecule has 3 aromatic carbocycles. The van der Waals surface area contributed by atoms with E-state index < -0.39 is 0 Å². The Labute approximate surface area is 200 Å². The van der Waals surface area contributed by atoms with Crippen molar-refractivity contribution < 1.29 is 9.57 Å². The molecule has 4 nitrogen and oxygen atoms in total. The van der Waals surface area contributed by atoms with Crippen molar-refractivity contribution in [3.63, 3.8) is 0 Å². The number of benzene rings is 3. The third-order valence-electron chi connectivity index (χ3n) is 5.75. The van der Waals surface area contributed by atoms with Crippen molar-refractivity contribution in [1.29, 1.82) is 0 Å². The van der Waals surface area contributed by atoms with Crippen LogP contribution in [-0.2, 0) is 11.4 Å². The third kappa shape index (κ3) is 4.96. The molecule has 0 aliphatic carbocycles. The van der Waals surface area contributed by atoms with Gasteiger partial charge >= 0.3 is 0 Å². The van der Waals surface area contributed by atoms with Gasteiger partial charge in [0.15, 0.2) is 0 Å². The van der Waals surface area contributed by atoms with Crippen LogP contribution in [0.3, 0.4) is 0 Å². The minimum atomic E-state index is 0.431. The van der Waals surface area contributed by atoms with Crippen LogP contribution in [0.25, 0.3) is 16.9 Å².